The van der Waals surface area contributed by atoms with Crippen LogP contribution in [0, 0.1) is 18.3 Å². The molecule has 0 fully saturated rings. The van der Waals surface area contributed by atoms with Crippen LogP contribution in [0.5, 0.6) is 0 Å². The van der Waals surface area contributed by atoms with Crippen molar-refractivity contribution in [3.8, 4) is 12.3 Å². The van der Waals surface area contributed by atoms with Crippen LogP contribution in [0.4, 0.5) is 0 Å². The Hall–Kier alpha value is -1.27. The molecule has 3 heteroatoms. The van der Waals surface area contributed by atoms with E-state index in [0.29, 0.717) is 0 Å². The van der Waals surface area contributed by atoms with Gasteiger partial charge >= 0.3 is 5.97 Å². The van der Waals surface area contributed by atoms with E-state index in [2.05, 4.69) is 12.5 Å². The molecule has 0 bridgehead atoms. The average molecular weight is 139 g/mol. The number of hydrogen-bond acceptors (Lipinski definition) is 2. The van der Waals surface area contributed by atoms with Crippen molar-refractivity contribution in [3.63, 3.8) is 0 Å². The van der Waals surface area contributed by atoms with Gasteiger partial charge in [-0.05, 0) is 0 Å². The van der Waals surface area contributed by atoms with E-state index >= 15 is 0 Å². The Labute approximate surface area is 59.5 Å². The molecule has 0 aliphatic rings. The zero-order chi connectivity index (χ0) is 8.15. The molecule has 3 N–H and O–H groups in total. The van der Waals surface area contributed by atoms with Gasteiger partial charge in [0.1, 0.15) is 6.04 Å². The number of terminal acetylenes is 1. The smallest absolute Gasteiger partial charge is 0.322 e. The van der Waals surface area contributed by atoms with Gasteiger partial charge in [-0.3, -0.25) is 4.79 Å². The average Bonchev–Trinajstić information content (AvgIpc) is 1.90. The quantitative estimate of drug-likeness (QED) is 0.421. The van der Waals surface area contributed by atoms with E-state index in [9.17, 15) is 4.79 Å². The summed E-state index contributed by atoms with van der Waals surface area (Å²) in [6, 6.07) is -1.04. The summed E-state index contributed by atoms with van der Waals surface area (Å²) in [7, 11) is 0. The first-order valence-corrected chi connectivity index (χ1v) is 2.70. The molecule has 0 unspecified atom stereocenters. The molecule has 54 valence electrons. The van der Waals surface area contributed by atoms with Crippen LogP contribution in [-0.2, 0) is 4.79 Å². The molecule has 0 aliphatic heterocycles. The van der Waals surface area contributed by atoms with Crippen molar-refractivity contribution < 1.29 is 9.90 Å². The Morgan fingerprint density at radius 3 is 2.50 bits per heavy atom. The lowest BCUT2D eigenvalue weighted by molar-refractivity contribution is -0.139. The fraction of sp³-hybridized carbons (Fsp3) is 0.286. The third kappa shape index (κ3) is 1.92. The molecule has 0 rings (SSSR count). The SMILES string of the molecule is C#C[C@@H](C=C)[C@H](N)C(=O)O. The standard InChI is InChI=1S/C7H9NO2/c1-3-5(4-2)6(8)7(9)10/h1,4-6H,2,8H2,(H,9,10)/t5-,6-/m0/s1. The molecule has 0 radical (unpaired) electrons. The molecular weight excluding hydrogens is 130 g/mol. The Morgan fingerprint density at radius 2 is 2.40 bits per heavy atom. The highest BCUT2D eigenvalue weighted by molar-refractivity contribution is 5.74. The van der Waals surface area contributed by atoms with Crippen molar-refractivity contribution in [2.45, 2.75) is 6.04 Å². The van der Waals surface area contributed by atoms with Crippen molar-refractivity contribution >= 4 is 5.97 Å². The largest absolute Gasteiger partial charge is 0.480 e. The maximum atomic E-state index is 10.2. The van der Waals surface area contributed by atoms with E-state index in [4.69, 9.17) is 17.3 Å². The molecule has 0 saturated carbocycles. The van der Waals surface area contributed by atoms with Gasteiger partial charge in [0.05, 0.1) is 5.92 Å². The minimum absolute atomic E-state index is 0.586. The van der Waals surface area contributed by atoms with Gasteiger partial charge in [0, 0.05) is 0 Å². The Kier molecular flexibility index (Phi) is 3.23. The fourth-order valence-corrected chi connectivity index (χ4v) is 0.472. The summed E-state index contributed by atoms with van der Waals surface area (Å²) in [5.74, 6) is 0.515. The summed E-state index contributed by atoms with van der Waals surface area (Å²) in [6.45, 7) is 3.35. The van der Waals surface area contributed by atoms with Crippen molar-refractivity contribution in [1.29, 1.82) is 0 Å². The molecular formula is C7H9NO2. The summed E-state index contributed by atoms with van der Waals surface area (Å²) in [4.78, 5) is 10.2. The highest BCUT2D eigenvalue weighted by atomic mass is 16.4. The molecule has 2 atom stereocenters. The number of nitrogens with two attached hydrogens (primary N) is 1. The van der Waals surface area contributed by atoms with Gasteiger partial charge in [0.15, 0.2) is 0 Å². The Morgan fingerprint density at radius 1 is 1.90 bits per heavy atom. The van der Waals surface area contributed by atoms with Gasteiger partial charge in [-0.2, -0.15) is 0 Å². The summed E-state index contributed by atoms with van der Waals surface area (Å²) >= 11 is 0. The second-order valence-corrected chi connectivity index (χ2v) is 1.79. The van der Waals surface area contributed by atoms with E-state index < -0.39 is 17.9 Å². The molecule has 10 heavy (non-hydrogen) atoms. The van der Waals surface area contributed by atoms with E-state index in [1.165, 1.54) is 6.08 Å². The van der Waals surface area contributed by atoms with Crippen LogP contribution in [0.25, 0.3) is 0 Å². The van der Waals surface area contributed by atoms with Gasteiger partial charge in [-0.25, -0.2) is 0 Å². The van der Waals surface area contributed by atoms with Gasteiger partial charge < -0.3 is 10.8 Å². The number of carboxylic acids is 1. The first-order valence-electron chi connectivity index (χ1n) is 2.70. The van der Waals surface area contributed by atoms with E-state index in [1.54, 1.807) is 0 Å². The molecule has 0 aromatic rings. The van der Waals surface area contributed by atoms with Crippen LogP contribution >= 0.6 is 0 Å². The number of aliphatic carboxylic acids is 1. The maximum absolute atomic E-state index is 10.2. The predicted molar refractivity (Wildman–Crippen MR) is 38.1 cm³/mol. The van der Waals surface area contributed by atoms with Crippen LogP contribution < -0.4 is 5.73 Å². The fourth-order valence-electron chi connectivity index (χ4n) is 0.472. The normalized spacial score (nSPS) is 14.8. The van der Waals surface area contributed by atoms with Crippen molar-refractivity contribution in [1.82, 2.24) is 0 Å². The molecule has 0 saturated heterocycles. The van der Waals surface area contributed by atoms with E-state index in [-0.39, 0.29) is 0 Å². The van der Waals surface area contributed by atoms with Gasteiger partial charge in [-0.15, -0.1) is 13.0 Å². The molecule has 0 amide bonds. The number of carbonyl (C=O) groups is 1. The van der Waals surface area contributed by atoms with Crippen molar-refractivity contribution in [2.75, 3.05) is 0 Å². The lowest BCUT2D eigenvalue weighted by atomic mass is 10.0. The predicted octanol–water partition coefficient (Wildman–Crippen LogP) is -0.166. The molecule has 0 aromatic carbocycles. The number of hydrogen-bond donors (Lipinski definition) is 2. The molecule has 0 aliphatic carbocycles. The number of rotatable bonds is 3. The minimum Gasteiger partial charge on any atom is -0.480 e. The van der Waals surface area contributed by atoms with Crippen LogP contribution in [-0.4, -0.2) is 17.1 Å². The summed E-state index contributed by atoms with van der Waals surface area (Å²) in [5, 5.41) is 8.35. The van der Waals surface area contributed by atoms with Crippen LogP contribution in [0.15, 0.2) is 12.7 Å². The zero-order valence-electron chi connectivity index (χ0n) is 5.45. The summed E-state index contributed by atoms with van der Waals surface area (Å²) in [6.07, 6.45) is 6.30. The lowest BCUT2D eigenvalue weighted by Crippen LogP contribution is -2.36. The van der Waals surface area contributed by atoms with E-state index in [0.717, 1.165) is 0 Å². The second kappa shape index (κ2) is 3.70. The van der Waals surface area contributed by atoms with Crippen molar-refractivity contribution in [2.24, 2.45) is 11.7 Å². The zero-order valence-corrected chi connectivity index (χ0v) is 5.45. The molecule has 0 spiro atoms. The molecule has 0 aromatic heterocycles. The first-order chi connectivity index (χ1) is 4.63. The van der Waals surface area contributed by atoms with Crippen LogP contribution in [0.3, 0.4) is 0 Å². The lowest BCUT2D eigenvalue weighted by Gasteiger charge is -2.08. The van der Waals surface area contributed by atoms with Gasteiger partial charge in [-0.1, -0.05) is 12.0 Å². The maximum Gasteiger partial charge on any atom is 0.322 e. The topological polar surface area (TPSA) is 63.3 Å². The minimum atomic E-state index is -1.11. The summed E-state index contributed by atoms with van der Waals surface area (Å²) < 4.78 is 0. The van der Waals surface area contributed by atoms with Gasteiger partial charge in [0.25, 0.3) is 0 Å². The third-order valence-electron chi connectivity index (χ3n) is 1.12. The second-order valence-electron chi connectivity index (χ2n) is 1.79. The monoisotopic (exact) mass is 139 g/mol. The first kappa shape index (κ1) is 8.73. The van der Waals surface area contributed by atoms with Gasteiger partial charge in [0.2, 0.25) is 0 Å². The third-order valence-corrected chi connectivity index (χ3v) is 1.12. The van der Waals surface area contributed by atoms with E-state index in [1.807, 2.05) is 0 Å². The summed E-state index contributed by atoms with van der Waals surface area (Å²) in [5.41, 5.74) is 5.17. The Bertz CT molecular complexity index is 181. The highest BCUT2D eigenvalue weighted by Gasteiger charge is 2.18. The van der Waals surface area contributed by atoms with Crippen LogP contribution in [0.2, 0.25) is 0 Å². The molecule has 0 heterocycles. The highest BCUT2D eigenvalue weighted by Crippen LogP contribution is 2.00. The van der Waals surface area contributed by atoms with Crippen LogP contribution in [0.1, 0.15) is 0 Å². The number of carboxylic acid groups (broad SMARTS) is 1. The van der Waals surface area contributed by atoms with Crippen molar-refractivity contribution in [3.05, 3.63) is 12.7 Å². The molecule has 3 nitrogen and oxygen atoms in total. The Balaban J connectivity index is 4.18.